The third-order valence-corrected chi connectivity index (χ3v) is 6.71. The molecule has 5 rings (SSSR count). The summed E-state index contributed by atoms with van der Waals surface area (Å²) >= 11 is 0. The van der Waals surface area contributed by atoms with E-state index in [0.717, 1.165) is 43.6 Å². The van der Waals surface area contributed by atoms with Crippen molar-refractivity contribution in [3.8, 4) is 0 Å². The Balaban J connectivity index is 1.27. The molecular weight excluding hydrogens is 410 g/mol. The number of hydrogen-bond donors (Lipinski definition) is 1. The van der Waals surface area contributed by atoms with Crippen LogP contribution in [0.2, 0.25) is 0 Å². The Morgan fingerprint density at radius 2 is 1.52 bits per heavy atom. The Hall–Kier alpha value is -3.44. The van der Waals surface area contributed by atoms with Gasteiger partial charge in [0.15, 0.2) is 0 Å². The van der Waals surface area contributed by atoms with E-state index >= 15 is 0 Å². The van der Waals surface area contributed by atoms with Gasteiger partial charge in [0.2, 0.25) is 5.91 Å². The van der Waals surface area contributed by atoms with Crippen molar-refractivity contribution >= 4 is 11.8 Å². The molecule has 1 N–H and O–H groups in total. The fourth-order valence-electron chi connectivity index (χ4n) is 4.95. The average molecular weight is 440 g/mol. The molecule has 0 spiro atoms. The Labute approximate surface area is 195 Å². The van der Waals surface area contributed by atoms with E-state index < -0.39 is 6.04 Å². The van der Waals surface area contributed by atoms with E-state index in [1.165, 1.54) is 5.56 Å². The second-order valence-corrected chi connectivity index (χ2v) is 8.95. The van der Waals surface area contributed by atoms with Gasteiger partial charge in [0.25, 0.3) is 5.91 Å². The molecule has 0 saturated carbocycles. The van der Waals surface area contributed by atoms with Crippen LogP contribution in [-0.4, -0.2) is 40.7 Å². The molecule has 0 aromatic heterocycles. The van der Waals surface area contributed by atoms with E-state index in [4.69, 9.17) is 0 Å². The number of rotatable bonds is 6. The van der Waals surface area contributed by atoms with Crippen LogP contribution in [0.1, 0.15) is 45.9 Å². The molecule has 0 unspecified atom stereocenters. The molecule has 2 aliphatic rings. The lowest BCUT2D eigenvalue weighted by Crippen LogP contribution is -2.48. The Morgan fingerprint density at radius 3 is 2.21 bits per heavy atom. The van der Waals surface area contributed by atoms with Crippen molar-refractivity contribution < 1.29 is 9.59 Å². The minimum atomic E-state index is -0.631. The summed E-state index contributed by atoms with van der Waals surface area (Å²) < 4.78 is 0. The van der Waals surface area contributed by atoms with Crippen LogP contribution in [0.3, 0.4) is 0 Å². The maximum absolute atomic E-state index is 13.5. The zero-order valence-electron chi connectivity index (χ0n) is 18.7. The molecule has 168 valence electrons. The Kier molecular flexibility index (Phi) is 6.22. The van der Waals surface area contributed by atoms with E-state index in [0.29, 0.717) is 12.1 Å². The molecule has 0 aliphatic carbocycles. The van der Waals surface area contributed by atoms with Crippen LogP contribution < -0.4 is 5.32 Å². The first-order valence-electron chi connectivity index (χ1n) is 11.7. The smallest absolute Gasteiger partial charge is 0.255 e. The van der Waals surface area contributed by atoms with E-state index in [1.54, 1.807) is 4.90 Å². The Morgan fingerprint density at radius 1 is 0.879 bits per heavy atom. The number of fused-ring (bicyclic) bond motifs is 1. The van der Waals surface area contributed by atoms with Crippen molar-refractivity contribution in [2.45, 2.75) is 38.0 Å². The van der Waals surface area contributed by atoms with Crippen molar-refractivity contribution in [1.82, 2.24) is 15.1 Å². The van der Waals surface area contributed by atoms with Crippen molar-refractivity contribution in [3.05, 3.63) is 107 Å². The molecular formula is C28H29N3O2. The second kappa shape index (κ2) is 9.59. The second-order valence-electron chi connectivity index (χ2n) is 8.95. The topological polar surface area (TPSA) is 52.7 Å². The summed E-state index contributed by atoms with van der Waals surface area (Å²) in [6.45, 7) is 3.29. The summed E-state index contributed by atoms with van der Waals surface area (Å²) in [6, 6.07) is 27.3. The SMILES string of the molecule is O=C(NC1CCN(Cc2ccccc2)CC1)[C@@H](c1ccccc1)N1Cc2ccccc2C1=O. The largest absolute Gasteiger partial charge is 0.351 e. The summed E-state index contributed by atoms with van der Waals surface area (Å²) in [6.07, 6.45) is 1.82. The van der Waals surface area contributed by atoms with Crippen LogP contribution in [-0.2, 0) is 17.9 Å². The first-order valence-corrected chi connectivity index (χ1v) is 11.7. The van der Waals surface area contributed by atoms with E-state index in [1.807, 2.05) is 60.7 Å². The summed E-state index contributed by atoms with van der Waals surface area (Å²) in [5.41, 5.74) is 3.83. The molecule has 2 heterocycles. The molecule has 1 atom stereocenters. The first-order chi connectivity index (χ1) is 16.2. The zero-order chi connectivity index (χ0) is 22.6. The maximum Gasteiger partial charge on any atom is 0.255 e. The van der Waals surface area contributed by atoms with Gasteiger partial charge in [-0.3, -0.25) is 14.5 Å². The maximum atomic E-state index is 13.5. The highest BCUT2D eigenvalue weighted by Gasteiger charge is 2.38. The highest BCUT2D eigenvalue weighted by Crippen LogP contribution is 2.32. The van der Waals surface area contributed by atoms with Gasteiger partial charge in [-0.1, -0.05) is 78.9 Å². The van der Waals surface area contributed by atoms with E-state index in [9.17, 15) is 9.59 Å². The van der Waals surface area contributed by atoms with Crippen molar-refractivity contribution in [1.29, 1.82) is 0 Å². The molecule has 2 amide bonds. The molecule has 2 aliphatic heterocycles. The van der Waals surface area contributed by atoms with Crippen molar-refractivity contribution in [3.63, 3.8) is 0 Å². The van der Waals surface area contributed by atoms with Gasteiger partial charge in [-0.15, -0.1) is 0 Å². The fourth-order valence-corrected chi connectivity index (χ4v) is 4.95. The van der Waals surface area contributed by atoms with Gasteiger partial charge in [0.1, 0.15) is 6.04 Å². The number of carbonyl (C=O) groups is 2. The molecule has 1 fully saturated rings. The molecule has 5 heteroatoms. The van der Waals surface area contributed by atoms with Crippen LogP contribution >= 0.6 is 0 Å². The van der Waals surface area contributed by atoms with Gasteiger partial charge in [0.05, 0.1) is 0 Å². The van der Waals surface area contributed by atoms with Gasteiger partial charge in [-0.05, 0) is 35.6 Å². The summed E-state index contributed by atoms with van der Waals surface area (Å²) in [7, 11) is 0. The predicted molar refractivity (Wildman–Crippen MR) is 128 cm³/mol. The quantitative estimate of drug-likeness (QED) is 0.627. The van der Waals surface area contributed by atoms with Crippen LogP contribution in [0.4, 0.5) is 0 Å². The molecule has 33 heavy (non-hydrogen) atoms. The summed E-state index contributed by atoms with van der Waals surface area (Å²) in [5.74, 6) is -0.170. The van der Waals surface area contributed by atoms with Crippen molar-refractivity contribution in [2.75, 3.05) is 13.1 Å². The minimum absolute atomic E-state index is 0.0766. The lowest BCUT2D eigenvalue weighted by atomic mass is 10.0. The third kappa shape index (κ3) is 4.69. The summed E-state index contributed by atoms with van der Waals surface area (Å²) in [5, 5.41) is 3.27. The number of carbonyl (C=O) groups excluding carboxylic acids is 2. The minimum Gasteiger partial charge on any atom is -0.351 e. The summed E-state index contributed by atoms with van der Waals surface area (Å²) in [4.78, 5) is 30.9. The average Bonchev–Trinajstić information content (AvgIpc) is 3.18. The van der Waals surface area contributed by atoms with Gasteiger partial charge in [0, 0.05) is 37.8 Å². The van der Waals surface area contributed by atoms with Gasteiger partial charge in [-0.2, -0.15) is 0 Å². The number of amides is 2. The molecule has 0 radical (unpaired) electrons. The normalized spacial score (nSPS) is 17.6. The highest BCUT2D eigenvalue weighted by atomic mass is 16.2. The number of piperidine rings is 1. The monoisotopic (exact) mass is 439 g/mol. The predicted octanol–water partition coefficient (Wildman–Crippen LogP) is 4.16. The molecule has 3 aromatic rings. The third-order valence-electron chi connectivity index (χ3n) is 6.71. The van der Waals surface area contributed by atoms with Crippen LogP contribution in [0.15, 0.2) is 84.9 Å². The standard InChI is InChI=1S/C28H29N3O2/c32-27(29-24-15-17-30(18-16-24)19-21-9-3-1-4-10-21)26(22-11-5-2-6-12-22)31-20-23-13-7-8-14-25(23)28(31)33/h1-14,24,26H,15-20H2,(H,29,32)/t26-/m1/s1. The number of hydrogen-bond acceptors (Lipinski definition) is 3. The van der Waals surface area contributed by atoms with E-state index in [-0.39, 0.29) is 17.9 Å². The molecule has 5 nitrogen and oxygen atoms in total. The number of nitrogens with one attached hydrogen (secondary N) is 1. The number of likely N-dealkylation sites (tertiary alicyclic amines) is 1. The van der Waals surface area contributed by atoms with Crippen LogP contribution in [0, 0.1) is 0 Å². The zero-order valence-corrected chi connectivity index (χ0v) is 18.7. The highest BCUT2D eigenvalue weighted by molar-refractivity contribution is 6.01. The van der Waals surface area contributed by atoms with Crippen LogP contribution in [0.25, 0.3) is 0 Å². The molecule has 1 saturated heterocycles. The number of benzene rings is 3. The van der Waals surface area contributed by atoms with Crippen molar-refractivity contribution in [2.24, 2.45) is 0 Å². The number of nitrogens with zero attached hydrogens (tertiary/aromatic N) is 2. The van der Waals surface area contributed by atoms with Gasteiger partial charge >= 0.3 is 0 Å². The van der Waals surface area contributed by atoms with Gasteiger partial charge < -0.3 is 10.2 Å². The molecule has 0 bridgehead atoms. The lowest BCUT2D eigenvalue weighted by molar-refractivity contribution is -0.127. The fraction of sp³-hybridized carbons (Fsp3) is 0.286. The van der Waals surface area contributed by atoms with Crippen LogP contribution in [0.5, 0.6) is 0 Å². The van der Waals surface area contributed by atoms with Gasteiger partial charge in [-0.25, -0.2) is 0 Å². The Bertz CT molecular complexity index is 1110. The van der Waals surface area contributed by atoms with E-state index in [2.05, 4.69) is 34.5 Å². The lowest BCUT2D eigenvalue weighted by Gasteiger charge is -2.34. The first kappa shape index (κ1) is 21.4. The molecule has 3 aromatic carbocycles.